The number of carboxylic acids is 2. The third kappa shape index (κ3) is 12.6. The van der Waals surface area contributed by atoms with Gasteiger partial charge in [-0.1, -0.05) is 0 Å². The summed E-state index contributed by atoms with van der Waals surface area (Å²) in [6, 6.07) is 0. The van der Waals surface area contributed by atoms with Crippen molar-refractivity contribution in [1.29, 1.82) is 5.41 Å². The number of ketones is 1. The number of aliphatic carboxylic acids is 2. The van der Waals surface area contributed by atoms with Gasteiger partial charge in [-0.3, -0.25) is 19.2 Å². The molecular formula is C15H26N2O6S. The lowest BCUT2D eigenvalue weighted by Crippen LogP contribution is -2.26. The monoisotopic (exact) mass is 362 g/mol. The minimum atomic E-state index is -1.21. The van der Waals surface area contributed by atoms with Crippen LogP contribution < -0.4 is 0 Å². The average Bonchev–Trinajstić information content (AvgIpc) is 2.45. The lowest BCUT2D eigenvalue weighted by Gasteiger charge is -2.17. The highest BCUT2D eigenvalue weighted by atomic mass is 32.2. The van der Waals surface area contributed by atoms with E-state index in [4.69, 9.17) is 15.6 Å². The van der Waals surface area contributed by atoms with Gasteiger partial charge in [0.1, 0.15) is 11.0 Å². The Bertz CT molecular complexity index is 453. The first-order valence-corrected chi connectivity index (χ1v) is 8.33. The fourth-order valence-corrected chi connectivity index (χ4v) is 2.80. The molecule has 0 aliphatic heterocycles. The van der Waals surface area contributed by atoms with Gasteiger partial charge < -0.3 is 20.5 Å². The van der Waals surface area contributed by atoms with Crippen LogP contribution in [-0.2, 0) is 19.2 Å². The summed E-state index contributed by atoms with van der Waals surface area (Å²) in [7, 11) is 3.24. The first-order valence-electron chi connectivity index (χ1n) is 7.28. The number of carbonyl (C=O) groups is 4. The highest BCUT2D eigenvalue weighted by Gasteiger charge is 2.25. The fraction of sp³-hybridized carbons (Fsp3) is 0.667. The van der Waals surface area contributed by atoms with Crippen LogP contribution in [0.25, 0.3) is 0 Å². The Morgan fingerprint density at radius 3 is 2.04 bits per heavy atom. The second-order valence-corrected chi connectivity index (χ2v) is 6.42. The quantitative estimate of drug-likeness (QED) is 0.499. The molecule has 0 aromatic heterocycles. The summed E-state index contributed by atoms with van der Waals surface area (Å²) in [6.07, 6.45) is 1.29. The average molecular weight is 362 g/mol. The molecule has 0 aromatic carbocycles. The van der Waals surface area contributed by atoms with Crippen LogP contribution in [0.5, 0.6) is 0 Å². The topological polar surface area (TPSA) is 136 Å². The van der Waals surface area contributed by atoms with E-state index in [1.165, 1.54) is 18.0 Å². The normalized spacial score (nSPS) is 12.2. The summed E-state index contributed by atoms with van der Waals surface area (Å²) in [6.45, 7) is 3.05. The summed E-state index contributed by atoms with van der Waals surface area (Å²) >= 11 is 0.928. The second-order valence-electron chi connectivity index (χ2n) is 5.18. The second kappa shape index (κ2) is 13.5. The molecule has 9 heteroatoms. The van der Waals surface area contributed by atoms with Crippen LogP contribution in [0.4, 0.5) is 0 Å². The Morgan fingerprint density at radius 1 is 1.21 bits per heavy atom. The van der Waals surface area contributed by atoms with Crippen molar-refractivity contribution >= 4 is 41.6 Å². The van der Waals surface area contributed by atoms with E-state index in [0.29, 0.717) is 6.42 Å². The molecule has 3 N–H and O–H groups in total. The molecule has 0 fully saturated rings. The van der Waals surface area contributed by atoms with Crippen molar-refractivity contribution in [2.45, 2.75) is 38.4 Å². The number of thioether (sulfide) groups is 1. The van der Waals surface area contributed by atoms with Gasteiger partial charge in [-0.05, 0) is 26.5 Å². The number of carboxylic acid groups (broad SMARTS) is 2. The van der Waals surface area contributed by atoms with Gasteiger partial charge >= 0.3 is 11.9 Å². The number of rotatable bonds is 10. The van der Waals surface area contributed by atoms with E-state index in [1.54, 1.807) is 21.0 Å². The Kier molecular flexibility index (Phi) is 13.7. The fourth-order valence-electron chi connectivity index (χ4n) is 1.53. The van der Waals surface area contributed by atoms with Gasteiger partial charge in [0.15, 0.2) is 0 Å². The minimum Gasteiger partial charge on any atom is -0.481 e. The Morgan fingerprint density at radius 2 is 1.71 bits per heavy atom. The number of hydrogen-bond acceptors (Lipinski definition) is 6. The van der Waals surface area contributed by atoms with Crippen molar-refractivity contribution in [2.24, 2.45) is 5.92 Å². The van der Waals surface area contributed by atoms with Crippen LogP contribution in [-0.4, -0.2) is 70.1 Å². The lowest BCUT2D eigenvalue weighted by atomic mass is 10.0. The summed E-state index contributed by atoms with van der Waals surface area (Å²) < 4.78 is 0. The van der Waals surface area contributed by atoms with E-state index in [9.17, 15) is 19.2 Å². The number of hydrogen-bond donors (Lipinski definition) is 3. The molecule has 138 valence electrons. The van der Waals surface area contributed by atoms with Crippen LogP contribution >= 0.6 is 11.8 Å². The number of nitrogens with zero attached hydrogens (tertiary/aromatic N) is 1. The van der Waals surface area contributed by atoms with Gasteiger partial charge in [0, 0.05) is 32.2 Å². The van der Waals surface area contributed by atoms with Crippen molar-refractivity contribution in [1.82, 2.24) is 4.90 Å². The number of amides is 1. The van der Waals surface area contributed by atoms with Gasteiger partial charge in [-0.25, -0.2) is 0 Å². The molecule has 2 atom stereocenters. The highest BCUT2D eigenvalue weighted by Crippen LogP contribution is 2.22. The molecule has 24 heavy (non-hydrogen) atoms. The standard InChI is InChI=1S/C13H21NO6S.C2H5N/c1-8(15)9(4-5-11(16)14(2)3)7-21-10(13(19)20)6-12(17)18;1-2-3/h9-10H,4-7H2,1-3H3,(H,17,18)(H,19,20);2-3H,1H3. The van der Waals surface area contributed by atoms with Gasteiger partial charge in [0.05, 0.1) is 6.42 Å². The molecule has 0 aliphatic rings. The number of nitrogens with one attached hydrogen (secondary N) is 1. The van der Waals surface area contributed by atoms with E-state index < -0.39 is 29.5 Å². The number of Topliss-reactive ketones (excluding diaryl/α,β-unsaturated/α-hetero) is 1. The van der Waals surface area contributed by atoms with Crippen LogP contribution in [0.1, 0.15) is 33.1 Å². The maximum Gasteiger partial charge on any atom is 0.317 e. The molecule has 0 spiro atoms. The first kappa shape index (κ1) is 24.4. The molecule has 0 bridgehead atoms. The zero-order valence-electron chi connectivity index (χ0n) is 14.4. The maximum atomic E-state index is 11.5. The molecule has 0 aliphatic carbocycles. The van der Waals surface area contributed by atoms with Crippen molar-refractivity contribution in [3.8, 4) is 0 Å². The summed E-state index contributed by atoms with van der Waals surface area (Å²) in [5.41, 5.74) is 0. The predicted molar refractivity (Wildman–Crippen MR) is 92.7 cm³/mol. The van der Waals surface area contributed by atoms with Crippen LogP contribution in [0, 0.1) is 11.3 Å². The zero-order chi connectivity index (χ0) is 19.3. The third-order valence-electron chi connectivity index (χ3n) is 2.91. The Balaban J connectivity index is 0. The van der Waals surface area contributed by atoms with Crippen molar-refractivity contribution in [2.75, 3.05) is 19.8 Å². The van der Waals surface area contributed by atoms with E-state index in [-0.39, 0.29) is 23.9 Å². The van der Waals surface area contributed by atoms with E-state index in [0.717, 1.165) is 11.8 Å². The molecule has 0 saturated heterocycles. The van der Waals surface area contributed by atoms with E-state index in [1.807, 2.05) is 0 Å². The molecule has 0 rings (SSSR count). The highest BCUT2D eigenvalue weighted by molar-refractivity contribution is 8.00. The van der Waals surface area contributed by atoms with Gasteiger partial charge in [-0.15, -0.1) is 11.8 Å². The summed E-state index contributed by atoms with van der Waals surface area (Å²) in [5.74, 6) is -2.90. The molecule has 0 saturated carbocycles. The SMILES string of the molecule is CC(=O)C(CCC(=O)N(C)C)CSC(CC(=O)O)C(=O)O.CC=N. The lowest BCUT2D eigenvalue weighted by molar-refractivity contribution is -0.142. The van der Waals surface area contributed by atoms with Gasteiger partial charge in [0.2, 0.25) is 5.91 Å². The molecule has 0 heterocycles. The van der Waals surface area contributed by atoms with Crippen LogP contribution in [0.15, 0.2) is 0 Å². The minimum absolute atomic E-state index is 0.105. The Labute approximate surface area is 146 Å². The van der Waals surface area contributed by atoms with Crippen LogP contribution in [0.3, 0.4) is 0 Å². The maximum absolute atomic E-state index is 11.5. The summed E-state index contributed by atoms with van der Waals surface area (Å²) in [5, 5.41) is 22.6. The van der Waals surface area contributed by atoms with E-state index >= 15 is 0 Å². The smallest absolute Gasteiger partial charge is 0.317 e. The Hall–Kier alpha value is -1.90. The molecule has 0 radical (unpaired) electrons. The third-order valence-corrected chi connectivity index (χ3v) is 4.28. The molecule has 8 nitrogen and oxygen atoms in total. The summed E-state index contributed by atoms with van der Waals surface area (Å²) in [4.78, 5) is 46.0. The zero-order valence-corrected chi connectivity index (χ0v) is 15.3. The van der Waals surface area contributed by atoms with Crippen molar-refractivity contribution in [3.63, 3.8) is 0 Å². The molecular weight excluding hydrogens is 336 g/mol. The predicted octanol–water partition coefficient (Wildman–Crippen LogP) is 1.38. The largest absolute Gasteiger partial charge is 0.481 e. The molecule has 1 amide bonds. The van der Waals surface area contributed by atoms with Crippen molar-refractivity contribution in [3.05, 3.63) is 0 Å². The number of carbonyl (C=O) groups excluding carboxylic acids is 2. The molecule has 2 unspecified atom stereocenters. The molecule has 0 aromatic rings. The van der Waals surface area contributed by atoms with Gasteiger partial charge in [0.25, 0.3) is 0 Å². The first-order chi connectivity index (χ1) is 11.1. The van der Waals surface area contributed by atoms with Crippen molar-refractivity contribution < 1.29 is 29.4 Å². The van der Waals surface area contributed by atoms with Gasteiger partial charge in [-0.2, -0.15) is 0 Å². The van der Waals surface area contributed by atoms with E-state index in [2.05, 4.69) is 0 Å². The van der Waals surface area contributed by atoms with Crippen LogP contribution in [0.2, 0.25) is 0 Å².